The number of alkyl carbamates (subject to hydrolysis) is 1. The molecule has 0 unspecified atom stereocenters. The SMILES string of the molecule is O=C(NCc1cccc(F)c1)O[C@@H]1[C@@H](O)CN[C@@H]1Cc1ccc(-c2ccc(Cl)s2)cc1. The third-order valence-electron chi connectivity index (χ3n) is 5.20. The van der Waals surface area contributed by atoms with Crippen LogP contribution in [0.15, 0.2) is 60.7 Å². The summed E-state index contributed by atoms with van der Waals surface area (Å²) in [5, 5.41) is 16.1. The van der Waals surface area contributed by atoms with Crippen LogP contribution in [0.5, 0.6) is 0 Å². The Hall–Kier alpha value is -2.45. The summed E-state index contributed by atoms with van der Waals surface area (Å²) in [4.78, 5) is 13.3. The first-order chi connectivity index (χ1) is 15.0. The van der Waals surface area contributed by atoms with Crippen molar-refractivity contribution in [3.8, 4) is 10.4 Å². The van der Waals surface area contributed by atoms with Gasteiger partial charge in [0.2, 0.25) is 0 Å². The van der Waals surface area contributed by atoms with Crippen molar-refractivity contribution in [3.05, 3.63) is 81.9 Å². The van der Waals surface area contributed by atoms with Crippen LogP contribution in [0, 0.1) is 5.82 Å². The van der Waals surface area contributed by atoms with Crippen molar-refractivity contribution >= 4 is 29.0 Å². The minimum atomic E-state index is -0.794. The topological polar surface area (TPSA) is 70.6 Å². The number of hydrogen-bond acceptors (Lipinski definition) is 5. The molecule has 3 atom stereocenters. The zero-order chi connectivity index (χ0) is 21.8. The Morgan fingerprint density at radius 2 is 2.00 bits per heavy atom. The number of thiophene rings is 1. The molecule has 8 heteroatoms. The Bertz CT molecular complexity index is 1040. The van der Waals surface area contributed by atoms with Crippen LogP contribution < -0.4 is 10.6 Å². The molecular formula is C23H22ClFN2O3S. The molecule has 3 aromatic rings. The molecular weight excluding hydrogens is 439 g/mol. The largest absolute Gasteiger partial charge is 0.442 e. The standard InChI is InChI=1S/C23H22ClFN2O3S/c24-21-9-8-20(31-21)16-6-4-14(5-7-16)11-18-22(19(28)13-26-18)30-23(29)27-12-15-2-1-3-17(25)10-15/h1-10,18-19,22,26,28H,11-13H2,(H,27,29)/t18-,19+,22+/m1/s1. The van der Waals surface area contributed by atoms with Crippen molar-refractivity contribution in [2.75, 3.05) is 6.54 Å². The van der Waals surface area contributed by atoms with Crippen LogP contribution >= 0.6 is 22.9 Å². The molecule has 162 valence electrons. The Labute approximate surface area is 188 Å². The second kappa shape index (κ2) is 9.78. The number of carbonyl (C=O) groups excluding carboxylic acids is 1. The molecule has 1 aliphatic heterocycles. The molecule has 0 aliphatic carbocycles. The molecule has 1 amide bonds. The number of benzene rings is 2. The average Bonchev–Trinajstić information content (AvgIpc) is 3.34. The molecule has 3 N–H and O–H groups in total. The van der Waals surface area contributed by atoms with Gasteiger partial charge in [0, 0.05) is 18.0 Å². The first-order valence-corrected chi connectivity index (χ1v) is 11.1. The molecule has 0 radical (unpaired) electrons. The molecule has 0 bridgehead atoms. The van der Waals surface area contributed by atoms with Gasteiger partial charge in [0.15, 0.2) is 0 Å². The molecule has 1 fully saturated rings. The lowest BCUT2D eigenvalue weighted by Crippen LogP contribution is -2.41. The molecule has 0 saturated carbocycles. The Morgan fingerprint density at radius 1 is 1.19 bits per heavy atom. The van der Waals surface area contributed by atoms with Crippen molar-refractivity contribution in [2.45, 2.75) is 31.2 Å². The fourth-order valence-corrected chi connectivity index (χ4v) is 4.69. The average molecular weight is 461 g/mol. The van der Waals surface area contributed by atoms with Crippen molar-refractivity contribution in [1.29, 1.82) is 0 Å². The first-order valence-electron chi connectivity index (χ1n) is 9.93. The molecule has 4 rings (SSSR count). The lowest BCUT2D eigenvalue weighted by Gasteiger charge is -2.22. The molecule has 1 aromatic heterocycles. The van der Waals surface area contributed by atoms with Crippen LogP contribution in [0.1, 0.15) is 11.1 Å². The number of aliphatic hydroxyl groups is 1. The summed E-state index contributed by atoms with van der Waals surface area (Å²) in [7, 11) is 0. The first kappa shape index (κ1) is 21.8. The van der Waals surface area contributed by atoms with Gasteiger partial charge in [0.05, 0.1) is 10.4 Å². The predicted octanol–water partition coefficient (Wildman–Crippen LogP) is 4.38. The van der Waals surface area contributed by atoms with Gasteiger partial charge in [-0.3, -0.25) is 0 Å². The number of ether oxygens (including phenoxy) is 1. The number of aliphatic hydroxyl groups excluding tert-OH is 1. The molecule has 1 saturated heterocycles. The smallest absolute Gasteiger partial charge is 0.407 e. The summed E-state index contributed by atoms with van der Waals surface area (Å²) in [6.07, 6.45) is -1.52. The van der Waals surface area contributed by atoms with E-state index in [0.29, 0.717) is 18.5 Å². The molecule has 5 nitrogen and oxygen atoms in total. The zero-order valence-electron chi connectivity index (χ0n) is 16.6. The van der Waals surface area contributed by atoms with Crippen LogP contribution in [0.4, 0.5) is 9.18 Å². The normalized spacial score (nSPS) is 20.5. The number of carbonyl (C=O) groups is 1. The van der Waals surface area contributed by atoms with Crippen molar-refractivity contribution in [1.82, 2.24) is 10.6 Å². The molecule has 1 aliphatic rings. The molecule has 2 aromatic carbocycles. The number of rotatable bonds is 6. The second-order valence-electron chi connectivity index (χ2n) is 7.44. The number of amides is 1. The quantitative estimate of drug-likeness (QED) is 0.510. The molecule has 0 spiro atoms. The van der Waals surface area contributed by atoms with E-state index in [2.05, 4.69) is 10.6 Å². The van der Waals surface area contributed by atoms with E-state index in [1.54, 1.807) is 12.1 Å². The minimum Gasteiger partial charge on any atom is -0.442 e. The highest BCUT2D eigenvalue weighted by Gasteiger charge is 2.37. The Balaban J connectivity index is 1.34. The van der Waals surface area contributed by atoms with Crippen LogP contribution in [0.3, 0.4) is 0 Å². The van der Waals surface area contributed by atoms with E-state index < -0.39 is 18.3 Å². The van der Waals surface area contributed by atoms with Gasteiger partial charge in [-0.15, -0.1) is 11.3 Å². The lowest BCUT2D eigenvalue weighted by atomic mass is 10.0. The monoisotopic (exact) mass is 460 g/mol. The number of β-amino-alcohol motifs (C(OH)–C–C–N with tert-alkyl or cyclic N) is 1. The zero-order valence-corrected chi connectivity index (χ0v) is 18.1. The maximum Gasteiger partial charge on any atom is 0.407 e. The summed E-state index contributed by atoms with van der Waals surface area (Å²) in [5.41, 5.74) is 2.78. The number of halogens is 2. The van der Waals surface area contributed by atoms with Gasteiger partial charge in [0.1, 0.15) is 18.0 Å². The summed E-state index contributed by atoms with van der Waals surface area (Å²) in [5.74, 6) is -0.364. The van der Waals surface area contributed by atoms with Gasteiger partial charge in [-0.05, 0) is 47.4 Å². The van der Waals surface area contributed by atoms with Crippen LogP contribution in [-0.2, 0) is 17.7 Å². The Kier molecular flexibility index (Phi) is 6.87. The van der Waals surface area contributed by atoms with E-state index in [4.69, 9.17) is 16.3 Å². The van der Waals surface area contributed by atoms with Crippen molar-refractivity contribution < 1.29 is 19.0 Å². The predicted molar refractivity (Wildman–Crippen MR) is 120 cm³/mol. The summed E-state index contributed by atoms with van der Waals surface area (Å²) >= 11 is 7.54. The second-order valence-corrected chi connectivity index (χ2v) is 9.16. The lowest BCUT2D eigenvalue weighted by molar-refractivity contribution is 0.0188. The van der Waals surface area contributed by atoms with Crippen molar-refractivity contribution in [3.63, 3.8) is 0 Å². The van der Waals surface area contributed by atoms with Gasteiger partial charge >= 0.3 is 6.09 Å². The molecule has 2 heterocycles. The van der Waals surface area contributed by atoms with E-state index in [-0.39, 0.29) is 18.4 Å². The van der Waals surface area contributed by atoms with E-state index in [1.165, 1.54) is 23.5 Å². The van der Waals surface area contributed by atoms with E-state index in [1.807, 2.05) is 36.4 Å². The van der Waals surface area contributed by atoms with E-state index in [9.17, 15) is 14.3 Å². The van der Waals surface area contributed by atoms with Gasteiger partial charge in [-0.1, -0.05) is 48.0 Å². The van der Waals surface area contributed by atoms with Crippen LogP contribution in [0.25, 0.3) is 10.4 Å². The van der Waals surface area contributed by atoms with Crippen LogP contribution in [-0.4, -0.2) is 36.0 Å². The number of nitrogens with one attached hydrogen (secondary N) is 2. The van der Waals surface area contributed by atoms with Crippen molar-refractivity contribution in [2.24, 2.45) is 0 Å². The fourth-order valence-electron chi connectivity index (χ4n) is 3.64. The summed E-state index contributed by atoms with van der Waals surface area (Å²) < 4.78 is 19.5. The van der Waals surface area contributed by atoms with E-state index in [0.717, 1.165) is 20.3 Å². The summed E-state index contributed by atoms with van der Waals surface area (Å²) in [6.45, 7) is 0.490. The minimum absolute atomic E-state index is 0.145. The molecule has 31 heavy (non-hydrogen) atoms. The third-order valence-corrected chi connectivity index (χ3v) is 6.48. The van der Waals surface area contributed by atoms with E-state index >= 15 is 0 Å². The van der Waals surface area contributed by atoms with Gasteiger partial charge < -0.3 is 20.5 Å². The maximum atomic E-state index is 13.3. The number of hydrogen-bond donors (Lipinski definition) is 3. The highest BCUT2D eigenvalue weighted by Crippen LogP contribution is 2.31. The fraction of sp³-hybridized carbons (Fsp3) is 0.261. The summed E-state index contributed by atoms with van der Waals surface area (Å²) in [6, 6.07) is 17.8. The maximum absolute atomic E-state index is 13.3. The van der Waals surface area contributed by atoms with Crippen LogP contribution in [0.2, 0.25) is 4.34 Å². The third kappa shape index (κ3) is 5.62. The highest BCUT2D eigenvalue weighted by molar-refractivity contribution is 7.19. The van der Waals surface area contributed by atoms with Gasteiger partial charge in [-0.25, -0.2) is 9.18 Å². The van der Waals surface area contributed by atoms with Gasteiger partial charge in [-0.2, -0.15) is 0 Å². The highest BCUT2D eigenvalue weighted by atomic mass is 35.5. The Morgan fingerprint density at radius 3 is 2.71 bits per heavy atom. The van der Waals surface area contributed by atoms with Gasteiger partial charge in [0.25, 0.3) is 0 Å².